The Kier molecular flexibility index (Phi) is 6.55. The highest BCUT2D eigenvalue weighted by Crippen LogP contribution is 2.42. The molecule has 0 N–H and O–H groups in total. The van der Waals surface area contributed by atoms with E-state index in [1.165, 1.54) is 6.92 Å². The Morgan fingerprint density at radius 3 is 2.30 bits per heavy atom. The van der Waals surface area contributed by atoms with Crippen molar-refractivity contribution in [3.63, 3.8) is 0 Å². The highest BCUT2D eigenvalue weighted by molar-refractivity contribution is 6.33. The first-order valence-corrected chi connectivity index (χ1v) is 8.86. The van der Waals surface area contributed by atoms with Crippen LogP contribution in [-0.4, -0.2) is 27.8 Å². The fourth-order valence-electron chi connectivity index (χ4n) is 2.47. The molecule has 0 aliphatic rings. The molecule has 0 bridgehead atoms. The number of benzene rings is 1. The Balaban J connectivity index is 2.73. The number of carbonyl (C=O) groups is 1. The molecule has 1 heterocycles. The lowest BCUT2D eigenvalue weighted by molar-refractivity contribution is -0.291. The largest absolute Gasteiger partial charge is 0.459 e. The minimum atomic E-state index is -5.98. The minimum absolute atomic E-state index is 0.0349. The molecule has 2 rings (SSSR count). The van der Waals surface area contributed by atoms with Gasteiger partial charge in [0.05, 0.1) is 22.4 Å². The molecule has 1 aromatic carbocycles. The van der Waals surface area contributed by atoms with Gasteiger partial charge in [-0.25, -0.2) is 14.2 Å². The second-order valence-electron chi connectivity index (χ2n) is 6.39. The van der Waals surface area contributed by atoms with Crippen molar-refractivity contribution >= 4 is 17.6 Å². The summed E-state index contributed by atoms with van der Waals surface area (Å²) < 4.78 is 85.1. The summed E-state index contributed by atoms with van der Waals surface area (Å²) in [6.07, 6.45) is -6.84. The fourth-order valence-corrected chi connectivity index (χ4v) is 2.70. The molecule has 1 aromatic heterocycles. The number of carbonyl (C=O) groups excluding carboxylic acids is 1. The van der Waals surface area contributed by atoms with E-state index in [0.29, 0.717) is 10.6 Å². The van der Waals surface area contributed by atoms with E-state index in [9.17, 15) is 35.9 Å². The van der Waals surface area contributed by atoms with Gasteiger partial charge in [-0.1, -0.05) is 18.5 Å². The summed E-state index contributed by atoms with van der Waals surface area (Å²) in [4.78, 5) is 27.8. The number of nitrogens with zero attached hydrogens (tertiary/aromatic N) is 2. The Labute approximate surface area is 171 Å². The smallest absolute Gasteiger partial charge is 0.459 e. The van der Waals surface area contributed by atoms with Crippen LogP contribution >= 0.6 is 11.6 Å². The van der Waals surface area contributed by atoms with Crippen LogP contribution < -0.4 is 5.56 Å². The highest BCUT2D eigenvalue weighted by Gasteiger charge is 2.60. The van der Waals surface area contributed by atoms with Gasteiger partial charge in [-0.05, 0) is 26.0 Å². The molecule has 164 valence electrons. The summed E-state index contributed by atoms with van der Waals surface area (Å²) in [5, 5.41) is -0.346. The van der Waals surface area contributed by atoms with Crippen molar-refractivity contribution in [3.05, 3.63) is 56.5 Å². The predicted octanol–water partition coefficient (Wildman–Crippen LogP) is 4.81. The summed E-state index contributed by atoms with van der Waals surface area (Å²) in [6.45, 7) is 4.40. The van der Waals surface area contributed by atoms with Crippen LogP contribution in [0.5, 0.6) is 0 Å². The number of rotatable bonds is 5. The summed E-state index contributed by atoms with van der Waals surface area (Å²) >= 11 is 5.85. The Bertz CT molecular complexity index is 1030. The van der Waals surface area contributed by atoms with Gasteiger partial charge in [0.2, 0.25) is 0 Å². The molecule has 2 aromatic rings. The molecule has 0 spiro atoms. The first-order valence-electron chi connectivity index (χ1n) is 8.49. The average Bonchev–Trinajstić information content (AvgIpc) is 2.60. The molecule has 0 saturated carbocycles. The number of halogens is 7. The molecule has 0 saturated heterocycles. The summed E-state index contributed by atoms with van der Waals surface area (Å²) in [7, 11) is 0. The first-order chi connectivity index (χ1) is 13.7. The molecule has 0 unspecified atom stereocenters. The quantitative estimate of drug-likeness (QED) is 0.479. The molecule has 0 radical (unpaired) electrons. The zero-order valence-corrected chi connectivity index (χ0v) is 16.5. The average molecular weight is 457 g/mol. The lowest BCUT2D eigenvalue weighted by atomic mass is 10.1. The summed E-state index contributed by atoms with van der Waals surface area (Å²) in [6, 6.07) is 1.50. The van der Waals surface area contributed by atoms with Crippen molar-refractivity contribution in [2.24, 2.45) is 0 Å². The van der Waals surface area contributed by atoms with Crippen molar-refractivity contribution in [2.75, 3.05) is 0 Å². The van der Waals surface area contributed by atoms with Crippen molar-refractivity contribution in [3.8, 4) is 5.69 Å². The molecule has 5 nitrogen and oxygen atoms in total. The van der Waals surface area contributed by atoms with E-state index in [1.807, 2.05) is 0 Å². The number of hydrogen-bond donors (Lipinski definition) is 0. The number of ether oxygens (including phenoxy) is 1. The standard InChI is InChI=1S/C18H15ClF6N2O3/c1-4-14-26-13(17(21,22)18(23,24)25)7-15(28)27(14)12-5-9(10(19)6-11(12)20)16(29)30-8(2)3/h5-8H,4H2,1-3H3. The van der Waals surface area contributed by atoms with E-state index in [1.54, 1.807) is 13.8 Å². The normalized spacial score (nSPS) is 12.4. The molecular formula is C18H15ClF6N2O3. The monoisotopic (exact) mass is 456 g/mol. The number of aryl methyl sites for hydroxylation is 1. The molecule has 0 fully saturated rings. The molecule has 30 heavy (non-hydrogen) atoms. The van der Waals surface area contributed by atoms with Gasteiger partial charge in [-0.3, -0.25) is 9.36 Å². The van der Waals surface area contributed by atoms with E-state index in [2.05, 4.69) is 4.98 Å². The zero-order valence-electron chi connectivity index (χ0n) is 15.8. The SMILES string of the molecule is CCc1nc(C(F)(F)C(F)(F)F)cc(=O)n1-c1cc(C(=O)OC(C)C)c(Cl)cc1F. The maximum atomic E-state index is 14.5. The Morgan fingerprint density at radius 2 is 1.80 bits per heavy atom. The van der Waals surface area contributed by atoms with Gasteiger partial charge in [0.25, 0.3) is 5.56 Å². The van der Waals surface area contributed by atoms with Gasteiger partial charge in [0.15, 0.2) is 0 Å². The minimum Gasteiger partial charge on any atom is -0.459 e. The van der Waals surface area contributed by atoms with Crippen LogP contribution in [-0.2, 0) is 17.1 Å². The Hall–Kier alpha value is -2.56. The third-order valence-electron chi connectivity index (χ3n) is 3.82. The van der Waals surface area contributed by atoms with Crippen LogP contribution in [0.25, 0.3) is 5.69 Å². The summed E-state index contributed by atoms with van der Waals surface area (Å²) in [5.74, 6) is -8.05. The second-order valence-corrected chi connectivity index (χ2v) is 6.80. The van der Waals surface area contributed by atoms with Crippen LogP contribution in [0.15, 0.2) is 23.0 Å². The molecule has 0 atom stereocenters. The van der Waals surface area contributed by atoms with Gasteiger partial charge in [-0.15, -0.1) is 0 Å². The highest BCUT2D eigenvalue weighted by atomic mass is 35.5. The number of aromatic nitrogens is 2. The van der Waals surface area contributed by atoms with E-state index in [-0.39, 0.29) is 23.1 Å². The van der Waals surface area contributed by atoms with Crippen molar-refractivity contribution in [1.82, 2.24) is 9.55 Å². The molecule has 0 amide bonds. The molecule has 0 aliphatic carbocycles. The maximum Gasteiger partial charge on any atom is 0.459 e. The number of alkyl halides is 5. The van der Waals surface area contributed by atoms with Crippen molar-refractivity contribution in [1.29, 1.82) is 0 Å². The van der Waals surface area contributed by atoms with Gasteiger partial charge in [0.1, 0.15) is 17.3 Å². The van der Waals surface area contributed by atoms with Crippen LogP contribution in [0.1, 0.15) is 42.6 Å². The molecular weight excluding hydrogens is 442 g/mol. The van der Waals surface area contributed by atoms with Crippen LogP contribution in [0.3, 0.4) is 0 Å². The summed E-state index contributed by atoms with van der Waals surface area (Å²) in [5.41, 5.74) is -4.15. The lowest BCUT2D eigenvalue weighted by Gasteiger charge is -2.21. The van der Waals surface area contributed by atoms with Crippen molar-refractivity contribution < 1.29 is 35.9 Å². The van der Waals surface area contributed by atoms with E-state index >= 15 is 0 Å². The second kappa shape index (κ2) is 8.29. The van der Waals surface area contributed by atoms with Gasteiger partial charge in [-0.2, -0.15) is 22.0 Å². The van der Waals surface area contributed by atoms with E-state index < -0.39 is 52.8 Å². The number of esters is 1. The first kappa shape index (κ1) is 23.7. The third-order valence-corrected chi connectivity index (χ3v) is 4.13. The van der Waals surface area contributed by atoms with Gasteiger partial charge in [0, 0.05) is 12.5 Å². The Morgan fingerprint density at radius 1 is 1.20 bits per heavy atom. The molecule has 12 heteroatoms. The van der Waals surface area contributed by atoms with E-state index in [4.69, 9.17) is 16.3 Å². The third kappa shape index (κ3) is 4.45. The maximum absolute atomic E-state index is 14.5. The van der Waals surface area contributed by atoms with E-state index in [0.717, 1.165) is 6.07 Å². The lowest BCUT2D eigenvalue weighted by Crippen LogP contribution is -2.37. The van der Waals surface area contributed by atoms with Crippen LogP contribution in [0.2, 0.25) is 5.02 Å². The fraction of sp³-hybridized carbons (Fsp3) is 0.389. The number of hydrogen-bond acceptors (Lipinski definition) is 4. The van der Waals surface area contributed by atoms with Gasteiger partial charge < -0.3 is 4.74 Å². The predicted molar refractivity (Wildman–Crippen MR) is 94.7 cm³/mol. The molecule has 0 aliphatic heterocycles. The van der Waals surface area contributed by atoms with Crippen LogP contribution in [0, 0.1) is 5.82 Å². The topological polar surface area (TPSA) is 61.2 Å². The van der Waals surface area contributed by atoms with Gasteiger partial charge >= 0.3 is 18.1 Å². The zero-order chi connectivity index (χ0) is 23.0. The van der Waals surface area contributed by atoms with Crippen LogP contribution in [0.4, 0.5) is 26.3 Å². The van der Waals surface area contributed by atoms with Crippen molar-refractivity contribution in [2.45, 2.75) is 45.4 Å².